The monoisotopic (exact) mass is 270 g/mol. The summed E-state index contributed by atoms with van der Waals surface area (Å²) in [6, 6.07) is 0.0428. The van der Waals surface area contributed by atoms with Crippen molar-refractivity contribution >= 4 is 22.9 Å². The van der Waals surface area contributed by atoms with Crippen LogP contribution >= 0.6 is 22.9 Å². The summed E-state index contributed by atoms with van der Waals surface area (Å²) in [6.45, 7) is 4.03. The zero-order valence-electron chi connectivity index (χ0n) is 10.3. The lowest BCUT2D eigenvalue weighted by molar-refractivity contribution is 0.610. The molecule has 2 aromatic rings. The largest absolute Gasteiger partial charge is 0.307 e. The minimum atomic E-state index is 0.0428. The molecule has 0 aliphatic carbocycles. The molecule has 92 valence electrons. The summed E-state index contributed by atoms with van der Waals surface area (Å²) in [4.78, 5) is 5.65. The minimum absolute atomic E-state index is 0.0428. The molecule has 4 nitrogen and oxygen atoms in total. The number of nitrogens with one attached hydrogen (secondary N) is 1. The molecular weight excluding hydrogens is 256 g/mol. The Morgan fingerprint density at radius 3 is 2.59 bits per heavy atom. The number of thiazole rings is 1. The zero-order valence-corrected chi connectivity index (χ0v) is 11.9. The number of rotatable bonds is 3. The van der Waals surface area contributed by atoms with Crippen molar-refractivity contribution in [2.24, 2.45) is 7.05 Å². The highest BCUT2D eigenvalue weighted by Crippen LogP contribution is 2.32. The highest BCUT2D eigenvalue weighted by atomic mass is 35.5. The second-order valence-corrected chi connectivity index (χ2v) is 5.55. The third-order valence-electron chi connectivity index (χ3n) is 2.70. The molecule has 0 aliphatic heterocycles. The molecule has 0 aromatic carbocycles. The molecule has 1 N–H and O–H groups in total. The SMILES string of the molecule is CNC(c1sc(C)nc1C)c1c(Cl)cnn1C. The maximum Gasteiger partial charge on any atom is 0.0900 e. The molecule has 0 aliphatic rings. The predicted molar refractivity (Wildman–Crippen MR) is 70.7 cm³/mol. The average molecular weight is 271 g/mol. The van der Waals surface area contributed by atoms with E-state index in [4.69, 9.17) is 11.6 Å². The van der Waals surface area contributed by atoms with Crippen molar-refractivity contribution in [1.82, 2.24) is 20.1 Å². The molecule has 17 heavy (non-hydrogen) atoms. The van der Waals surface area contributed by atoms with Gasteiger partial charge in [0.25, 0.3) is 0 Å². The van der Waals surface area contributed by atoms with Gasteiger partial charge in [0.2, 0.25) is 0 Å². The number of hydrogen-bond donors (Lipinski definition) is 1. The van der Waals surface area contributed by atoms with Crippen LogP contribution in [0.4, 0.5) is 0 Å². The molecule has 0 amide bonds. The van der Waals surface area contributed by atoms with Crippen LogP contribution in [0.25, 0.3) is 0 Å². The number of halogens is 1. The fourth-order valence-corrected chi connectivity index (χ4v) is 3.27. The first-order chi connectivity index (χ1) is 8.04. The quantitative estimate of drug-likeness (QED) is 0.932. The Morgan fingerprint density at radius 1 is 1.47 bits per heavy atom. The predicted octanol–water partition coefficient (Wildman–Crippen LogP) is 2.46. The molecular formula is C11H15ClN4S. The van der Waals surface area contributed by atoms with E-state index in [0.717, 1.165) is 16.4 Å². The summed E-state index contributed by atoms with van der Waals surface area (Å²) < 4.78 is 1.80. The minimum Gasteiger partial charge on any atom is -0.307 e. The van der Waals surface area contributed by atoms with Crippen molar-refractivity contribution in [3.63, 3.8) is 0 Å². The van der Waals surface area contributed by atoms with E-state index in [0.29, 0.717) is 5.02 Å². The molecule has 1 unspecified atom stereocenters. The molecule has 0 fully saturated rings. The maximum atomic E-state index is 6.19. The molecule has 6 heteroatoms. The Bertz CT molecular complexity index is 512. The van der Waals surface area contributed by atoms with E-state index in [2.05, 4.69) is 15.4 Å². The van der Waals surface area contributed by atoms with Crippen LogP contribution in [0, 0.1) is 13.8 Å². The van der Waals surface area contributed by atoms with Crippen LogP contribution in [-0.2, 0) is 7.05 Å². The van der Waals surface area contributed by atoms with Crippen LogP contribution in [-0.4, -0.2) is 21.8 Å². The van der Waals surface area contributed by atoms with E-state index < -0.39 is 0 Å². The third-order valence-corrected chi connectivity index (χ3v) is 4.13. The number of aromatic nitrogens is 3. The van der Waals surface area contributed by atoms with Crippen LogP contribution in [0.15, 0.2) is 6.20 Å². The second kappa shape index (κ2) is 4.76. The molecule has 2 heterocycles. The summed E-state index contributed by atoms with van der Waals surface area (Å²) in [5.74, 6) is 0. The van der Waals surface area contributed by atoms with Crippen molar-refractivity contribution in [2.75, 3.05) is 7.05 Å². The fraction of sp³-hybridized carbons (Fsp3) is 0.455. The van der Waals surface area contributed by atoms with Crippen LogP contribution in [0.1, 0.15) is 27.3 Å². The van der Waals surface area contributed by atoms with Crippen molar-refractivity contribution in [2.45, 2.75) is 19.9 Å². The number of aryl methyl sites for hydroxylation is 3. The standard InChI is InChI=1S/C11H15ClN4S/c1-6-11(17-7(2)15-6)9(13-3)10-8(12)5-14-16(10)4/h5,9,13H,1-4H3. The van der Waals surface area contributed by atoms with Gasteiger partial charge in [-0.25, -0.2) is 4.98 Å². The highest BCUT2D eigenvalue weighted by Gasteiger charge is 2.23. The van der Waals surface area contributed by atoms with Crippen molar-refractivity contribution in [3.8, 4) is 0 Å². The van der Waals surface area contributed by atoms with Crippen LogP contribution < -0.4 is 5.32 Å². The van der Waals surface area contributed by atoms with Gasteiger partial charge < -0.3 is 5.32 Å². The second-order valence-electron chi connectivity index (χ2n) is 3.91. The van der Waals surface area contributed by atoms with Gasteiger partial charge >= 0.3 is 0 Å². The lowest BCUT2D eigenvalue weighted by Gasteiger charge is -2.16. The van der Waals surface area contributed by atoms with Gasteiger partial charge in [-0.3, -0.25) is 4.68 Å². The fourth-order valence-electron chi connectivity index (χ4n) is 1.95. The summed E-state index contributed by atoms with van der Waals surface area (Å²) in [5, 5.41) is 9.20. The topological polar surface area (TPSA) is 42.7 Å². The lowest BCUT2D eigenvalue weighted by Crippen LogP contribution is -2.20. The molecule has 0 spiro atoms. The third kappa shape index (κ3) is 2.22. The summed E-state index contributed by atoms with van der Waals surface area (Å²) in [5.41, 5.74) is 2.02. The molecule has 0 bridgehead atoms. The maximum absolute atomic E-state index is 6.19. The Kier molecular flexibility index (Phi) is 3.51. The van der Waals surface area contributed by atoms with E-state index in [1.165, 1.54) is 4.88 Å². The average Bonchev–Trinajstić information content (AvgIpc) is 2.76. The first-order valence-corrected chi connectivity index (χ1v) is 6.52. The van der Waals surface area contributed by atoms with Gasteiger partial charge in [-0.1, -0.05) is 11.6 Å². The van der Waals surface area contributed by atoms with Crippen LogP contribution in [0.5, 0.6) is 0 Å². The summed E-state index contributed by atoms with van der Waals surface area (Å²) in [7, 11) is 3.82. The first-order valence-electron chi connectivity index (χ1n) is 5.33. The zero-order chi connectivity index (χ0) is 12.6. The molecule has 2 rings (SSSR count). The van der Waals surface area contributed by atoms with E-state index in [-0.39, 0.29) is 6.04 Å². The normalized spacial score (nSPS) is 13.0. The lowest BCUT2D eigenvalue weighted by atomic mass is 10.1. The van der Waals surface area contributed by atoms with Gasteiger partial charge in [0.1, 0.15) is 0 Å². The van der Waals surface area contributed by atoms with Gasteiger partial charge in [0.05, 0.1) is 38.5 Å². The first kappa shape index (κ1) is 12.5. The Hall–Kier alpha value is -0.910. The highest BCUT2D eigenvalue weighted by molar-refractivity contribution is 7.11. The summed E-state index contributed by atoms with van der Waals surface area (Å²) in [6.07, 6.45) is 1.67. The van der Waals surface area contributed by atoms with E-state index >= 15 is 0 Å². The number of hydrogen-bond acceptors (Lipinski definition) is 4. The van der Waals surface area contributed by atoms with Crippen molar-refractivity contribution in [3.05, 3.63) is 32.5 Å². The molecule has 1 atom stereocenters. The van der Waals surface area contributed by atoms with Gasteiger partial charge in [-0.05, 0) is 20.9 Å². The van der Waals surface area contributed by atoms with E-state index in [1.54, 1.807) is 22.2 Å². The molecule has 2 aromatic heterocycles. The van der Waals surface area contributed by atoms with Gasteiger partial charge in [-0.2, -0.15) is 5.10 Å². The van der Waals surface area contributed by atoms with Gasteiger partial charge in [0.15, 0.2) is 0 Å². The van der Waals surface area contributed by atoms with Crippen molar-refractivity contribution in [1.29, 1.82) is 0 Å². The molecule has 0 saturated heterocycles. The van der Waals surface area contributed by atoms with E-state index in [9.17, 15) is 0 Å². The smallest absolute Gasteiger partial charge is 0.0900 e. The molecule has 0 saturated carbocycles. The van der Waals surface area contributed by atoms with Gasteiger partial charge in [-0.15, -0.1) is 11.3 Å². The Morgan fingerprint density at radius 2 is 2.18 bits per heavy atom. The number of nitrogens with zero attached hydrogens (tertiary/aromatic N) is 3. The molecule has 0 radical (unpaired) electrons. The van der Waals surface area contributed by atoms with Crippen molar-refractivity contribution < 1.29 is 0 Å². The Labute approximate surface area is 110 Å². The van der Waals surface area contributed by atoms with Crippen LogP contribution in [0.3, 0.4) is 0 Å². The summed E-state index contributed by atoms with van der Waals surface area (Å²) >= 11 is 7.88. The Balaban J connectivity index is 2.51. The van der Waals surface area contributed by atoms with Crippen LogP contribution in [0.2, 0.25) is 5.02 Å². The van der Waals surface area contributed by atoms with Gasteiger partial charge in [0, 0.05) is 7.05 Å². The van der Waals surface area contributed by atoms with E-state index in [1.807, 2.05) is 27.9 Å².